The number of nitro benzene ring substituents is 1. The summed E-state index contributed by atoms with van der Waals surface area (Å²) in [6.07, 6.45) is 0.574. The molecule has 1 rings (SSSR count). The first-order valence-corrected chi connectivity index (χ1v) is 7.31. The number of carboxylic acids is 1. The fraction of sp³-hybridized carbons (Fsp3) is 0.375. The first kappa shape index (κ1) is 20.1. The number of aliphatic carboxylic acids is 1. The lowest BCUT2D eigenvalue weighted by Crippen LogP contribution is -2.45. The van der Waals surface area contributed by atoms with Crippen molar-refractivity contribution in [2.45, 2.75) is 32.1 Å². The topological polar surface area (TPSA) is 128 Å². The minimum Gasteiger partial charge on any atom is -0.480 e. The summed E-state index contributed by atoms with van der Waals surface area (Å²) in [5.74, 6) is -1.27. The zero-order chi connectivity index (χ0) is 19.0. The fourth-order valence-corrected chi connectivity index (χ4v) is 1.58. The standard InChI is InChI=1S/C16H20N2O7/c1-4-16(2,3)25-10-13(14(19)20)17-15(21)24-9-11-5-7-12(8-6-11)18(22)23/h4-8,13H,1,9-10H2,2-3H3,(H,17,21)(H,19,20)/t13-/m0/s1. The highest BCUT2D eigenvalue weighted by atomic mass is 16.6. The van der Waals surface area contributed by atoms with Crippen molar-refractivity contribution in [3.05, 3.63) is 52.6 Å². The van der Waals surface area contributed by atoms with Gasteiger partial charge in [-0.05, 0) is 31.5 Å². The number of rotatable bonds is 9. The number of nitrogens with zero attached hydrogens (tertiary/aromatic N) is 1. The van der Waals surface area contributed by atoms with Gasteiger partial charge in [0.15, 0.2) is 6.04 Å². The van der Waals surface area contributed by atoms with E-state index in [9.17, 15) is 19.7 Å². The number of carbonyl (C=O) groups excluding carboxylic acids is 1. The summed E-state index contributed by atoms with van der Waals surface area (Å²) >= 11 is 0. The molecular weight excluding hydrogens is 332 g/mol. The number of ether oxygens (including phenoxy) is 2. The monoisotopic (exact) mass is 352 g/mol. The molecule has 0 aliphatic rings. The van der Waals surface area contributed by atoms with E-state index >= 15 is 0 Å². The lowest BCUT2D eigenvalue weighted by atomic mass is 10.1. The van der Waals surface area contributed by atoms with Crippen molar-refractivity contribution in [2.24, 2.45) is 0 Å². The van der Waals surface area contributed by atoms with Crippen LogP contribution in [0, 0.1) is 10.1 Å². The van der Waals surface area contributed by atoms with Gasteiger partial charge in [-0.2, -0.15) is 0 Å². The van der Waals surface area contributed by atoms with E-state index in [-0.39, 0.29) is 18.9 Å². The summed E-state index contributed by atoms with van der Waals surface area (Å²) in [6.45, 7) is 6.55. The van der Waals surface area contributed by atoms with E-state index in [1.165, 1.54) is 30.3 Å². The zero-order valence-electron chi connectivity index (χ0n) is 13.9. The van der Waals surface area contributed by atoms with E-state index in [0.717, 1.165) is 0 Å². The second-order valence-corrected chi connectivity index (χ2v) is 5.65. The molecule has 0 aromatic heterocycles. The summed E-state index contributed by atoms with van der Waals surface area (Å²) in [4.78, 5) is 32.9. The van der Waals surface area contributed by atoms with Crippen LogP contribution in [0.5, 0.6) is 0 Å². The number of hydrogen-bond acceptors (Lipinski definition) is 6. The van der Waals surface area contributed by atoms with Crippen molar-refractivity contribution in [1.82, 2.24) is 5.32 Å². The van der Waals surface area contributed by atoms with Crippen molar-refractivity contribution in [3.8, 4) is 0 Å². The van der Waals surface area contributed by atoms with Crippen LogP contribution >= 0.6 is 0 Å². The predicted molar refractivity (Wildman–Crippen MR) is 88.1 cm³/mol. The second-order valence-electron chi connectivity index (χ2n) is 5.65. The molecule has 0 fully saturated rings. The molecule has 0 unspecified atom stereocenters. The molecule has 1 amide bonds. The number of amides is 1. The number of nitrogens with one attached hydrogen (secondary N) is 1. The number of nitro groups is 1. The van der Waals surface area contributed by atoms with Gasteiger partial charge in [-0.1, -0.05) is 6.08 Å². The quantitative estimate of drug-likeness (QED) is 0.396. The van der Waals surface area contributed by atoms with Gasteiger partial charge in [-0.3, -0.25) is 10.1 Å². The number of non-ortho nitro benzene ring substituents is 1. The van der Waals surface area contributed by atoms with Crippen molar-refractivity contribution in [1.29, 1.82) is 0 Å². The Morgan fingerprint density at radius 3 is 2.48 bits per heavy atom. The van der Waals surface area contributed by atoms with Crippen LogP contribution in [0.1, 0.15) is 19.4 Å². The van der Waals surface area contributed by atoms with E-state index in [2.05, 4.69) is 11.9 Å². The molecule has 0 radical (unpaired) electrons. The van der Waals surface area contributed by atoms with Crippen molar-refractivity contribution >= 4 is 17.7 Å². The Morgan fingerprint density at radius 1 is 1.40 bits per heavy atom. The van der Waals surface area contributed by atoms with Gasteiger partial charge in [0.25, 0.3) is 5.69 Å². The Morgan fingerprint density at radius 2 is 2.00 bits per heavy atom. The minimum absolute atomic E-state index is 0.0823. The first-order chi connectivity index (χ1) is 11.6. The lowest BCUT2D eigenvalue weighted by Gasteiger charge is -2.23. The van der Waals surface area contributed by atoms with E-state index in [0.29, 0.717) is 5.56 Å². The molecule has 0 spiro atoms. The maximum atomic E-state index is 11.7. The number of hydrogen-bond donors (Lipinski definition) is 2. The molecule has 25 heavy (non-hydrogen) atoms. The van der Waals surface area contributed by atoms with Crippen molar-refractivity contribution < 1.29 is 29.1 Å². The van der Waals surface area contributed by atoms with Crippen LogP contribution in [0.15, 0.2) is 36.9 Å². The minimum atomic E-state index is -1.29. The summed E-state index contributed by atoms with van der Waals surface area (Å²) in [5, 5.41) is 21.9. The average molecular weight is 352 g/mol. The van der Waals surface area contributed by atoms with Gasteiger partial charge >= 0.3 is 12.1 Å². The second kappa shape index (κ2) is 8.78. The first-order valence-electron chi connectivity index (χ1n) is 7.31. The SMILES string of the molecule is C=CC(C)(C)OC[C@H](NC(=O)OCc1ccc([N+](=O)[O-])cc1)C(=O)O. The van der Waals surface area contributed by atoms with E-state index < -0.39 is 28.6 Å². The molecule has 1 aromatic rings. The number of carboxylic acid groups (broad SMARTS) is 1. The Bertz CT molecular complexity index is 640. The van der Waals surface area contributed by atoms with Gasteiger partial charge in [0.2, 0.25) is 0 Å². The third kappa shape index (κ3) is 7.00. The number of alkyl carbamates (subject to hydrolysis) is 1. The zero-order valence-corrected chi connectivity index (χ0v) is 13.9. The van der Waals surface area contributed by atoms with Gasteiger partial charge in [-0.25, -0.2) is 9.59 Å². The molecule has 136 valence electrons. The molecular formula is C16H20N2O7. The largest absolute Gasteiger partial charge is 0.480 e. The Balaban J connectivity index is 2.53. The molecule has 9 heteroatoms. The van der Waals surface area contributed by atoms with Crippen LogP contribution in [0.4, 0.5) is 10.5 Å². The molecule has 0 bridgehead atoms. The van der Waals surface area contributed by atoms with Crippen LogP contribution in [0.3, 0.4) is 0 Å². The highest BCUT2D eigenvalue weighted by molar-refractivity contribution is 5.80. The molecule has 1 aromatic carbocycles. The number of benzene rings is 1. The maximum absolute atomic E-state index is 11.7. The molecule has 9 nitrogen and oxygen atoms in total. The summed E-state index contributed by atoms with van der Waals surface area (Å²) in [6, 6.07) is 4.15. The molecule has 1 atom stereocenters. The molecule has 0 aliphatic heterocycles. The van der Waals surface area contributed by atoms with E-state index in [4.69, 9.17) is 14.6 Å². The van der Waals surface area contributed by atoms with Gasteiger partial charge < -0.3 is 19.9 Å². The van der Waals surface area contributed by atoms with Crippen molar-refractivity contribution in [2.75, 3.05) is 6.61 Å². The highest BCUT2D eigenvalue weighted by Gasteiger charge is 2.24. The Hall–Kier alpha value is -2.94. The summed E-state index contributed by atoms with van der Waals surface area (Å²) < 4.78 is 10.3. The van der Waals surface area contributed by atoms with Gasteiger partial charge in [-0.15, -0.1) is 6.58 Å². The Labute approximate surface area is 144 Å². The molecule has 2 N–H and O–H groups in total. The average Bonchev–Trinajstić information content (AvgIpc) is 2.56. The van der Waals surface area contributed by atoms with Crippen LogP contribution in [0.25, 0.3) is 0 Å². The van der Waals surface area contributed by atoms with Gasteiger partial charge in [0.05, 0.1) is 17.1 Å². The fourth-order valence-electron chi connectivity index (χ4n) is 1.58. The highest BCUT2D eigenvalue weighted by Crippen LogP contribution is 2.13. The smallest absolute Gasteiger partial charge is 0.408 e. The summed E-state index contributed by atoms with van der Waals surface area (Å²) in [7, 11) is 0. The summed E-state index contributed by atoms with van der Waals surface area (Å²) in [5.41, 5.74) is -0.296. The van der Waals surface area contributed by atoms with Crippen LogP contribution in [-0.2, 0) is 20.9 Å². The molecule has 0 saturated carbocycles. The molecule has 0 aliphatic carbocycles. The lowest BCUT2D eigenvalue weighted by molar-refractivity contribution is -0.384. The Kier molecular flexibility index (Phi) is 7.06. The van der Waals surface area contributed by atoms with E-state index in [1.807, 2.05) is 0 Å². The predicted octanol–water partition coefficient (Wildman–Crippen LogP) is 2.26. The third-order valence-corrected chi connectivity index (χ3v) is 3.22. The molecule has 0 heterocycles. The van der Waals surface area contributed by atoms with Gasteiger partial charge in [0.1, 0.15) is 6.61 Å². The van der Waals surface area contributed by atoms with Gasteiger partial charge in [0, 0.05) is 12.1 Å². The van der Waals surface area contributed by atoms with Crippen LogP contribution in [0.2, 0.25) is 0 Å². The molecule has 0 saturated heterocycles. The van der Waals surface area contributed by atoms with Crippen molar-refractivity contribution in [3.63, 3.8) is 0 Å². The van der Waals surface area contributed by atoms with E-state index in [1.54, 1.807) is 13.8 Å². The number of carbonyl (C=O) groups is 2. The normalized spacial score (nSPS) is 12.1. The van der Waals surface area contributed by atoms with Crippen LogP contribution < -0.4 is 5.32 Å². The maximum Gasteiger partial charge on any atom is 0.408 e. The van der Waals surface area contributed by atoms with Crippen LogP contribution in [-0.4, -0.2) is 40.3 Å². The third-order valence-electron chi connectivity index (χ3n) is 3.22.